The Morgan fingerprint density at radius 1 is 1.00 bits per heavy atom. The zero-order chi connectivity index (χ0) is 25.5. The number of aldehydes is 1. The van der Waals surface area contributed by atoms with Crippen molar-refractivity contribution in [3.63, 3.8) is 0 Å². The number of carbonyl (C=O) groups excluding carboxylic acids is 2. The summed E-state index contributed by atoms with van der Waals surface area (Å²) in [6.45, 7) is 5.00. The molecule has 35 heavy (non-hydrogen) atoms. The molecule has 1 saturated heterocycles. The van der Waals surface area contributed by atoms with Crippen molar-refractivity contribution in [2.45, 2.75) is 83.3 Å². The highest BCUT2D eigenvalue weighted by atomic mass is 16.2. The van der Waals surface area contributed by atoms with Crippen molar-refractivity contribution in [2.24, 2.45) is 11.7 Å². The summed E-state index contributed by atoms with van der Waals surface area (Å²) in [7, 11) is 2.07. The van der Waals surface area contributed by atoms with E-state index in [4.69, 9.17) is 5.73 Å². The number of nitrogens with one attached hydrogen (secondary N) is 1. The van der Waals surface area contributed by atoms with Crippen molar-refractivity contribution in [3.05, 3.63) is 71.8 Å². The van der Waals surface area contributed by atoms with Gasteiger partial charge in [-0.3, -0.25) is 9.69 Å². The van der Waals surface area contributed by atoms with E-state index in [0.29, 0.717) is 6.04 Å². The standard InChI is InChI=1S/C27H36N2O2.C3H9N/c1-3-11-21(20-30)12-10-17-24-18-19-25(29(24)2)27(31)28-26(22-13-6-4-7-14-22)23-15-8-5-9-16-23;1-2-3-4/h4-9,13-16,20-21,24-26H,3,10-12,17-19H2,1-2H3,(H,28,31);2-4H2,1H3/t21-,24?,25?;/m0./s1. The van der Waals surface area contributed by atoms with Crippen LogP contribution < -0.4 is 11.1 Å². The molecule has 1 fully saturated rings. The SMILES string of the molecule is CCCN.CCC[C@H](C=O)CCCC1CCC(C(=O)NC(c2ccccc2)c2ccccc2)N1C. The van der Waals surface area contributed by atoms with Crippen molar-refractivity contribution in [2.75, 3.05) is 13.6 Å². The molecule has 1 amide bonds. The highest BCUT2D eigenvalue weighted by molar-refractivity contribution is 5.83. The van der Waals surface area contributed by atoms with Crippen LogP contribution in [0.4, 0.5) is 0 Å². The van der Waals surface area contributed by atoms with Gasteiger partial charge in [0.05, 0.1) is 12.1 Å². The zero-order valence-electron chi connectivity index (χ0n) is 21.9. The van der Waals surface area contributed by atoms with E-state index in [1.807, 2.05) is 36.4 Å². The van der Waals surface area contributed by atoms with Gasteiger partial charge in [0.25, 0.3) is 0 Å². The summed E-state index contributed by atoms with van der Waals surface area (Å²) in [4.78, 5) is 26.7. The third kappa shape index (κ3) is 9.23. The lowest BCUT2D eigenvalue weighted by molar-refractivity contribution is -0.126. The molecule has 5 nitrogen and oxygen atoms in total. The number of carbonyl (C=O) groups is 2. The quantitative estimate of drug-likeness (QED) is 0.394. The first-order valence-electron chi connectivity index (χ1n) is 13.3. The Balaban J connectivity index is 0.00000100. The monoisotopic (exact) mass is 479 g/mol. The lowest BCUT2D eigenvalue weighted by atomic mass is 9.96. The summed E-state index contributed by atoms with van der Waals surface area (Å²) in [5.74, 6) is 0.285. The van der Waals surface area contributed by atoms with E-state index in [0.717, 1.165) is 75.3 Å². The third-order valence-corrected chi connectivity index (χ3v) is 6.95. The number of rotatable bonds is 12. The first-order chi connectivity index (χ1) is 17.0. The predicted molar refractivity (Wildman–Crippen MR) is 145 cm³/mol. The van der Waals surface area contributed by atoms with E-state index in [2.05, 4.69) is 55.4 Å². The summed E-state index contributed by atoms with van der Waals surface area (Å²) in [6, 6.07) is 20.5. The second-order valence-electron chi connectivity index (χ2n) is 9.58. The maximum Gasteiger partial charge on any atom is 0.238 e. The Bertz CT molecular complexity index is 802. The highest BCUT2D eigenvalue weighted by Crippen LogP contribution is 2.29. The van der Waals surface area contributed by atoms with Crippen LogP contribution in [0.5, 0.6) is 0 Å². The van der Waals surface area contributed by atoms with Crippen LogP contribution in [-0.2, 0) is 9.59 Å². The Morgan fingerprint density at radius 3 is 2.06 bits per heavy atom. The lowest BCUT2D eigenvalue weighted by Gasteiger charge is -2.28. The van der Waals surface area contributed by atoms with Crippen LogP contribution in [-0.4, -0.2) is 42.8 Å². The summed E-state index contributed by atoms with van der Waals surface area (Å²) in [5.41, 5.74) is 7.21. The number of nitrogens with zero attached hydrogens (tertiary/aromatic N) is 1. The molecule has 1 aliphatic rings. The van der Waals surface area contributed by atoms with Gasteiger partial charge in [-0.05, 0) is 63.2 Å². The normalized spacial score (nSPS) is 18.5. The Morgan fingerprint density at radius 2 is 1.57 bits per heavy atom. The molecule has 5 heteroatoms. The molecule has 3 atom stereocenters. The van der Waals surface area contributed by atoms with Crippen molar-refractivity contribution in [1.82, 2.24) is 10.2 Å². The molecule has 0 saturated carbocycles. The van der Waals surface area contributed by atoms with Gasteiger partial charge in [-0.25, -0.2) is 0 Å². The van der Waals surface area contributed by atoms with E-state index in [1.54, 1.807) is 0 Å². The predicted octanol–water partition coefficient (Wildman–Crippen LogP) is 5.50. The Kier molecular flexibility index (Phi) is 13.3. The molecular weight excluding hydrogens is 434 g/mol. The summed E-state index contributed by atoms with van der Waals surface area (Å²) >= 11 is 0. The van der Waals surface area contributed by atoms with E-state index >= 15 is 0 Å². The molecule has 1 aliphatic heterocycles. The fourth-order valence-corrected chi connectivity index (χ4v) is 4.83. The fourth-order valence-electron chi connectivity index (χ4n) is 4.83. The van der Waals surface area contributed by atoms with E-state index in [9.17, 15) is 9.59 Å². The molecule has 0 bridgehead atoms. The molecule has 0 aromatic heterocycles. The number of likely N-dealkylation sites (tertiary alicyclic amines) is 1. The number of hydrogen-bond donors (Lipinski definition) is 2. The van der Waals surface area contributed by atoms with Gasteiger partial charge >= 0.3 is 0 Å². The summed E-state index contributed by atoms with van der Waals surface area (Å²) < 4.78 is 0. The van der Waals surface area contributed by atoms with E-state index < -0.39 is 0 Å². The summed E-state index contributed by atoms with van der Waals surface area (Å²) in [5, 5.41) is 3.32. The van der Waals surface area contributed by atoms with Crippen molar-refractivity contribution in [1.29, 1.82) is 0 Å². The van der Waals surface area contributed by atoms with Gasteiger partial charge in [0, 0.05) is 12.0 Å². The third-order valence-electron chi connectivity index (χ3n) is 6.95. The maximum atomic E-state index is 13.3. The van der Waals surface area contributed by atoms with Crippen LogP contribution in [0.15, 0.2) is 60.7 Å². The van der Waals surface area contributed by atoms with Crippen molar-refractivity contribution < 1.29 is 9.59 Å². The fraction of sp³-hybridized carbons (Fsp3) is 0.533. The van der Waals surface area contributed by atoms with Crippen LogP contribution in [0.25, 0.3) is 0 Å². The first kappa shape index (κ1) is 28.7. The maximum absolute atomic E-state index is 13.3. The van der Waals surface area contributed by atoms with Crippen LogP contribution in [0.1, 0.15) is 82.4 Å². The van der Waals surface area contributed by atoms with Crippen LogP contribution >= 0.6 is 0 Å². The molecule has 192 valence electrons. The zero-order valence-corrected chi connectivity index (χ0v) is 21.9. The molecule has 0 aliphatic carbocycles. The largest absolute Gasteiger partial charge is 0.344 e. The average Bonchev–Trinajstić information content (AvgIpc) is 3.27. The minimum absolute atomic E-state index is 0.0967. The van der Waals surface area contributed by atoms with E-state index in [1.165, 1.54) is 0 Å². The lowest BCUT2D eigenvalue weighted by Crippen LogP contribution is -2.45. The Hall–Kier alpha value is -2.50. The smallest absolute Gasteiger partial charge is 0.238 e. The first-order valence-corrected chi connectivity index (χ1v) is 13.3. The van der Waals surface area contributed by atoms with E-state index in [-0.39, 0.29) is 23.9 Å². The van der Waals surface area contributed by atoms with Gasteiger partial charge in [-0.15, -0.1) is 0 Å². The van der Waals surface area contributed by atoms with Gasteiger partial charge in [0.2, 0.25) is 5.91 Å². The molecule has 3 rings (SSSR count). The van der Waals surface area contributed by atoms with Crippen LogP contribution in [0.3, 0.4) is 0 Å². The minimum Gasteiger partial charge on any atom is -0.344 e. The van der Waals surface area contributed by atoms with Crippen molar-refractivity contribution in [3.8, 4) is 0 Å². The number of hydrogen-bond acceptors (Lipinski definition) is 4. The van der Waals surface area contributed by atoms with Gasteiger partial charge in [0.15, 0.2) is 0 Å². The molecular formula is C30H45N3O2. The van der Waals surface area contributed by atoms with Gasteiger partial charge < -0.3 is 15.8 Å². The topological polar surface area (TPSA) is 75.4 Å². The van der Waals surface area contributed by atoms with Gasteiger partial charge in [-0.1, -0.05) is 87.4 Å². The van der Waals surface area contributed by atoms with Gasteiger partial charge in [-0.2, -0.15) is 0 Å². The summed E-state index contributed by atoms with van der Waals surface area (Å²) in [6.07, 6.45) is 9.23. The number of benzene rings is 2. The number of likely N-dealkylation sites (N-methyl/N-ethyl adjacent to an activating group) is 1. The van der Waals surface area contributed by atoms with Crippen molar-refractivity contribution >= 4 is 12.2 Å². The molecule has 2 unspecified atom stereocenters. The van der Waals surface area contributed by atoms with Crippen LogP contribution in [0.2, 0.25) is 0 Å². The number of nitrogens with two attached hydrogens (primary N) is 1. The number of amides is 1. The minimum atomic E-state index is -0.148. The average molecular weight is 480 g/mol. The molecule has 1 heterocycles. The van der Waals surface area contributed by atoms with Gasteiger partial charge in [0.1, 0.15) is 6.29 Å². The van der Waals surface area contributed by atoms with Crippen LogP contribution in [0, 0.1) is 5.92 Å². The second-order valence-corrected chi connectivity index (χ2v) is 9.58. The molecule has 0 radical (unpaired) electrons. The molecule has 2 aromatic rings. The Labute approximate surface area is 212 Å². The highest BCUT2D eigenvalue weighted by Gasteiger charge is 2.35. The molecule has 3 N–H and O–H groups in total. The second kappa shape index (κ2) is 16.2. The molecule has 0 spiro atoms. The molecule has 2 aromatic carbocycles.